The first-order valence-electron chi connectivity index (χ1n) is 11.2. The highest BCUT2D eigenvalue weighted by Gasteiger charge is 2.41. The van der Waals surface area contributed by atoms with Crippen LogP contribution in [0.2, 0.25) is 0 Å². The predicted molar refractivity (Wildman–Crippen MR) is 132 cm³/mol. The Hall–Kier alpha value is -3.86. The van der Waals surface area contributed by atoms with Crippen LogP contribution in [0.25, 0.3) is 5.57 Å². The van der Waals surface area contributed by atoms with Crippen LogP contribution >= 0.6 is 0 Å². The van der Waals surface area contributed by atoms with Gasteiger partial charge in [-0.1, -0.05) is 61.9 Å². The quantitative estimate of drug-likeness (QED) is 0.454. The zero-order chi connectivity index (χ0) is 23.4. The average molecular weight is 441 g/mol. The van der Waals surface area contributed by atoms with Crippen molar-refractivity contribution in [2.75, 3.05) is 17.3 Å². The SMILES string of the molecule is CCCCc1ccc(N2C(=O)C(Nc3ccccc3C)=C(c3ccccc3OC)C2=O)cc1. The summed E-state index contributed by atoms with van der Waals surface area (Å²) in [5.74, 6) is -0.221. The number of unbranched alkanes of at least 4 members (excludes halogenated alkanes) is 1. The molecule has 0 atom stereocenters. The van der Waals surface area contributed by atoms with Crippen LogP contribution in [-0.2, 0) is 16.0 Å². The third-order valence-corrected chi connectivity index (χ3v) is 5.88. The Kier molecular flexibility index (Phi) is 6.59. The van der Waals surface area contributed by atoms with E-state index in [0.717, 1.165) is 30.5 Å². The van der Waals surface area contributed by atoms with Crippen LogP contribution in [0.5, 0.6) is 5.75 Å². The number of rotatable bonds is 8. The van der Waals surface area contributed by atoms with Crippen LogP contribution in [0.1, 0.15) is 36.5 Å². The molecule has 0 unspecified atom stereocenters. The molecule has 0 aromatic heterocycles. The second-order valence-corrected chi connectivity index (χ2v) is 8.11. The van der Waals surface area contributed by atoms with E-state index >= 15 is 0 Å². The molecule has 1 heterocycles. The van der Waals surface area contributed by atoms with E-state index in [-0.39, 0.29) is 17.5 Å². The van der Waals surface area contributed by atoms with E-state index in [1.165, 1.54) is 10.5 Å². The predicted octanol–water partition coefficient (Wildman–Crippen LogP) is 5.74. The first kappa shape index (κ1) is 22.3. The molecule has 2 amide bonds. The van der Waals surface area contributed by atoms with Crippen molar-refractivity contribution in [3.63, 3.8) is 0 Å². The van der Waals surface area contributed by atoms with Gasteiger partial charge in [0.1, 0.15) is 11.4 Å². The third-order valence-electron chi connectivity index (χ3n) is 5.88. The first-order chi connectivity index (χ1) is 16.0. The van der Waals surface area contributed by atoms with E-state index in [1.54, 1.807) is 19.2 Å². The lowest BCUT2D eigenvalue weighted by atomic mass is 10.0. The normalized spacial score (nSPS) is 13.6. The second-order valence-electron chi connectivity index (χ2n) is 8.11. The van der Waals surface area contributed by atoms with Gasteiger partial charge in [-0.25, -0.2) is 4.90 Å². The van der Waals surface area contributed by atoms with Gasteiger partial charge in [0.2, 0.25) is 0 Å². The Bertz CT molecular complexity index is 1210. The summed E-state index contributed by atoms with van der Waals surface area (Å²) < 4.78 is 5.51. The number of carbonyl (C=O) groups is 2. The van der Waals surface area contributed by atoms with E-state index in [1.807, 2.05) is 67.6 Å². The fourth-order valence-corrected chi connectivity index (χ4v) is 4.02. The lowest BCUT2D eigenvalue weighted by Crippen LogP contribution is -2.32. The number of hydrogen-bond acceptors (Lipinski definition) is 4. The summed E-state index contributed by atoms with van der Waals surface area (Å²) in [4.78, 5) is 28.5. The largest absolute Gasteiger partial charge is 0.496 e. The van der Waals surface area contributed by atoms with Crippen LogP contribution < -0.4 is 15.0 Å². The van der Waals surface area contributed by atoms with E-state index in [9.17, 15) is 9.59 Å². The summed E-state index contributed by atoms with van der Waals surface area (Å²) in [6.45, 7) is 4.11. The van der Waals surface area contributed by atoms with Crippen molar-refractivity contribution in [3.8, 4) is 5.75 Å². The molecular weight excluding hydrogens is 412 g/mol. The summed E-state index contributed by atoms with van der Waals surface area (Å²) in [7, 11) is 1.56. The van der Waals surface area contributed by atoms with Crippen molar-refractivity contribution in [1.82, 2.24) is 0 Å². The summed E-state index contributed by atoms with van der Waals surface area (Å²) in [5, 5.41) is 3.24. The maximum atomic E-state index is 13.7. The average Bonchev–Trinajstić information content (AvgIpc) is 3.08. The molecular formula is C28H28N2O3. The first-order valence-corrected chi connectivity index (χ1v) is 11.2. The van der Waals surface area contributed by atoms with Gasteiger partial charge in [-0.2, -0.15) is 0 Å². The van der Waals surface area contributed by atoms with Crippen molar-refractivity contribution in [2.24, 2.45) is 0 Å². The highest BCUT2D eigenvalue weighted by atomic mass is 16.5. The minimum Gasteiger partial charge on any atom is -0.496 e. The molecule has 0 bridgehead atoms. The standard InChI is InChI=1S/C28H28N2O3/c1-4-5-11-20-15-17-21(18-16-20)30-27(31)25(22-12-7-9-14-24(22)33-3)26(28(30)32)29-23-13-8-6-10-19(23)2/h6-10,12-18,29H,4-5,11H2,1-3H3. The summed E-state index contributed by atoms with van der Waals surface area (Å²) in [6.07, 6.45) is 3.19. The lowest BCUT2D eigenvalue weighted by molar-refractivity contribution is -0.120. The summed E-state index contributed by atoms with van der Waals surface area (Å²) >= 11 is 0. The van der Waals surface area contributed by atoms with Crippen molar-refractivity contribution < 1.29 is 14.3 Å². The monoisotopic (exact) mass is 440 g/mol. The maximum absolute atomic E-state index is 13.7. The van der Waals surface area contributed by atoms with Crippen LogP contribution in [-0.4, -0.2) is 18.9 Å². The molecule has 0 fully saturated rings. The topological polar surface area (TPSA) is 58.6 Å². The second kappa shape index (κ2) is 9.74. The minimum absolute atomic E-state index is 0.244. The van der Waals surface area contributed by atoms with E-state index < -0.39 is 0 Å². The lowest BCUT2D eigenvalue weighted by Gasteiger charge is -2.16. The number of nitrogens with one attached hydrogen (secondary N) is 1. The number of hydrogen-bond donors (Lipinski definition) is 1. The van der Waals surface area contributed by atoms with E-state index in [2.05, 4.69) is 12.2 Å². The van der Waals surface area contributed by atoms with Gasteiger partial charge in [0.25, 0.3) is 11.8 Å². The summed E-state index contributed by atoms with van der Waals surface area (Å²) in [5.41, 5.74) is 4.62. The molecule has 1 N–H and O–H groups in total. The number of methoxy groups -OCH3 is 1. The molecule has 0 radical (unpaired) electrons. The zero-order valence-electron chi connectivity index (χ0n) is 19.2. The number of carbonyl (C=O) groups excluding carboxylic acids is 2. The fraction of sp³-hybridized carbons (Fsp3) is 0.214. The van der Waals surface area contributed by atoms with E-state index in [0.29, 0.717) is 22.6 Å². The molecule has 4 rings (SSSR count). The van der Waals surface area contributed by atoms with Crippen molar-refractivity contribution in [3.05, 3.63) is 95.2 Å². The highest BCUT2D eigenvalue weighted by Crippen LogP contribution is 2.37. The molecule has 3 aromatic carbocycles. The smallest absolute Gasteiger partial charge is 0.282 e. The molecule has 0 saturated carbocycles. The zero-order valence-corrected chi connectivity index (χ0v) is 19.2. The van der Waals surface area contributed by atoms with Gasteiger partial charge < -0.3 is 10.1 Å². The number of para-hydroxylation sites is 2. The third kappa shape index (κ3) is 4.40. The Morgan fingerprint density at radius 3 is 2.27 bits per heavy atom. The molecule has 5 heteroatoms. The number of imide groups is 1. The Morgan fingerprint density at radius 2 is 1.58 bits per heavy atom. The molecule has 0 saturated heterocycles. The highest BCUT2D eigenvalue weighted by molar-refractivity contribution is 6.46. The van der Waals surface area contributed by atoms with Gasteiger partial charge >= 0.3 is 0 Å². The Morgan fingerprint density at radius 1 is 0.879 bits per heavy atom. The number of amides is 2. The number of benzene rings is 3. The van der Waals surface area contributed by atoms with Crippen LogP contribution in [0.3, 0.4) is 0 Å². The molecule has 5 nitrogen and oxygen atoms in total. The molecule has 1 aliphatic rings. The Balaban J connectivity index is 1.78. The van der Waals surface area contributed by atoms with Gasteiger partial charge in [-0.15, -0.1) is 0 Å². The van der Waals surface area contributed by atoms with Gasteiger partial charge in [-0.3, -0.25) is 9.59 Å². The number of nitrogens with zero attached hydrogens (tertiary/aromatic N) is 1. The van der Waals surface area contributed by atoms with Crippen molar-refractivity contribution >= 4 is 28.8 Å². The molecule has 33 heavy (non-hydrogen) atoms. The fourth-order valence-electron chi connectivity index (χ4n) is 4.02. The van der Waals surface area contributed by atoms with Crippen LogP contribution in [0.15, 0.2) is 78.5 Å². The van der Waals surface area contributed by atoms with E-state index in [4.69, 9.17) is 4.74 Å². The molecule has 0 spiro atoms. The number of ether oxygens (including phenoxy) is 1. The molecule has 0 aliphatic carbocycles. The van der Waals surface area contributed by atoms with Crippen molar-refractivity contribution in [2.45, 2.75) is 33.1 Å². The van der Waals surface area contributed by atoms with Gasteiger partial charge in [0, 0.05) is 11.3 Å². The van der Waals surface area contributed by atoms with Gasteiger partial charge in [0.05, 0.1) is 18.4 Å². The van der Waals surface area contributed by atoms with Crippen molar-refractivity contribution in [1.29, 1.82) is 0 Å². The molecule has 168 valence electrons. The number of aryl methyl sites for hydroxylation is 2. The summed E-state index contributed by atoms with van der Waals surface area (Å²) in [6, 6.07) is 22.6. The van der Waals surface area contributed by atoms with Crippen LogP contribution in [0, 0.1) is 6.92 Å². The van der Waals surface area contributed by atoms with Crippen LogP contribution in [0.4, 0.5) is 11.4 Å². The van der Waals surface area contributed by atoms with Gasteiger partial charge in [-0.05, 0) is 55.2 Å². The molecule has 3 aromatic rings. The van der Waals surface area contributed by atoms with Gasteiger partial charge in [0.15, 0.2) is 0 Å². The Labute approximate surface area is 194 Å². The minimum atomic E-state index is -0.384. The molecule has 1 aliphatic heterocycles. The number of anilines is 2. The maximum Gasteiger partial charge on any atom is 0.282 e.